The Balaban J connectivity index is 1.95. The van der Waals surface area contributed by atoms with Crippen LogP contribution < -0.4 is 5.56 Å². The summed E-state index contributed by atoms with van der Waals surface area (Å²) in [7, 11) is 0. The van der Waals surface area contributed by atoms with Crippen LogP contribution in [-0.2, 0) is 6.54 Å². The molecule has 0 radical (unpaired) electrons. The second-order valence-corrected chi connectivity index (χ2v) is 5.87. The molecule has 0 saturated carbocycles. The van der Waals surface area contributed by atoms with Gasteiger partial charge >= 0.3 is 0 Å². The van der Waals surface area contributed by atoms with E-state index < -0.39 is 0 Å². The molecule has 2 heterocycles. The lowest BCUT2D eigenvalue weighted by molar-refractivity contribution is 0.0710. The molecule has 0 aliphatic rings. The molecular weight excluding hydrogens is 304 g/mol. The zero-order valence-electron chi connectivity index (χ0n) is 13.8. The van der Waals surface area contributed by atoms with Gasteiger partial charge in [0.2, 0.25) is 0 Å². The number of rotatable bonds is 5. The number of pyridine rings is 1. The van der Waals surface area contributed by atoms with E-state index in [0.717, 1.165) is 22.9 Å². The molecule has 5 nitrogen and oxygen atoms in total. The summed E-state index contributed by atoms with van der Waals surface area (Å²) < 4.78 is 5.20. The number of aromatic amines is 1. The summed E-state index contributed by atoms with van der Waals surface area (Å²) >= 11 is 0. The molecule has 0 atom stereocenters. The molecule has 0 spiro atoms. The number of amides is 1. The van der Waals surface area contributed by atoms with Crippen molar-refractivity contribution < 1.29 is 9.21 Å². The van der Waals surface area contributed by atoms with Crippen molar-refractivity contribution in [3.05, 3.63) is 69.9 Å². The Kier molecular flexibility index (Phi) is 4.51. The highest BCUT2D eigenvalue weighted by molar-refractivity contribution is 5.91. The van der Waals surface area contributed by atoms with Crippen LogP contribution in [0.15, 0.2) is 51.9 Å². The average molecular weight is 324 g/mol. The minimum Gasteiger partial charge on any atom is -0.459 e. The van der Waals surface area contributed by atoms with Crippen LogP contribution in [0.2, 0.25) is 0 Å². The lowest BCUT2D eigenvalue weighted by Crippen LogP contribution is -2.33. The molecule has 0 fully saturated rings. The summed E-state index contributed by atoms with van der Waals surface area (Å²) in [5.41, 5.74) is 2.27. The van der Waals surface area contributed by atoms with Gasteiger partial charge in [0.1, 0.15) is 0 Å². The molecule has 3 rings (SSSR count). The van der Waals surface area contributed by atoms with Crippen LogP contribution in [0.1, 0.15) is 35.0 Å². The van der Waals surface area contributed by atoms with Gasteiger partial charge in [-0.25, -0.2) is 0 Å². The van der Waals surface area contributed by atoms with Gasteiger partial charge in [-0.1, -0.05) is 25.1 Å². The maximum absolute atomic E-state index is 12.5. The quantitative estimate of drug-likeness (QED) is 0.781. The maximum atomic E-state index is 12.5. The number of aromatic nitrogens is 1. The topological polar surface area (TPSA) is 66.3 Å². The van der Waals surface area contributed by atoms with Gasteiger partial charge in [-0.2, -0.15) is 0 Å². The van der Waals surface area contributed by atoms with E-state index in [9.17, 15) is 9.59 Å². The van der Waals surface area contributed by atoms with Crippen molar-refractivity contribution in [3.8, 4) is 0 Å². The zero-order valence-corrected chi connectivity index (χ0v) is 13.8. The molecule has 3 aromatic rings. The Morgan fingerprint density at radius 3 is 2.79 bits per heavy atom. The molecule has 24 heavy (non-hydrogen) atoms. The highest BCUT2D eigenvalue weighted by atomic mass is 16.3. The summed E-state index contributed by atoms with van der Waals surface area (Å²) in [6.07, 6.45) is 2.28. The van der Waals surface area contributed by atoms with Gasteiger partial charge in [0.15, 0.2) is 5.76 Å². The first-order chi connectivity index (χ1) is 11.6. The normalized spacial score (nSPS) is 10.9. The maximum Gasteiger partial charge on any atom is 0.289 e. The van der Waals surface area contributed by atoms with E-state index in [1.165, 1.54) is 6.26 Å². The van der Waals surface area contributed by atoms with Gasteiger partial charge in [0, 0.05) is 12.1 Å². The van der Waals surface area contributed by atoms with Crippen molar-refractivity contribution in [2.75, 3.05) is 6.54 Å². The number of hydrogen-bond acceptors (Lipinski definition) is 3. The van der Waals surface area contributed by atoms with Crippen LogP contribution in [-0.4, -0.2) is 22.3 Å². The zero-order chi connectivity index (χ0) is 17.1. The first-order valence-corrected chi connectivity index (χ1v) is 8.04. The largest absolute Gasteiger partial charge is 0.459 e. The Hall–Kier alpha value is -2.82. The summed E-state index contributed by atoms with van der Waals surface area (Å²) in [5, 5.41) is 0.964. The predicted octanol–water partition coefficient (Wildman–Crippen LogP) is 3.48. The van der Waals surface area contributed by atoms with Crippen LogP contribution >= 0.6 is 0 Å². The Bertz CT molecular complexity index is 910. The lowest BCUT2D eigenvalue weighted by atomic mass is 10.1. The van der Waals surface area contributed by atoms with Crippen LogP contribution in [0.4, 0.5) is 0 Å². The summed E-state index contributed by atoms with van der Waals surface area (Å²) in [4.78, 5) is 29.5. The average Bonchev–Trinajstić information content (AvgIpc) is 3.10. The predicted molar refractivity (Wildman–Crippen MR) is 93.0 cm³/mol. The van der Waals surface area contributed by atoms with E-state index in [-0.39, 0.29) is 23.8 Å². The number of para-hydroxylation sites is 1. The molecule has 1 N–H and O–H groups in total. The molecule has 0 unspecified atom stereocenters. The Morgan fingerprint density at radius 1 is 1.25 bits per heavy atom. The SMILES string of the molecule is CCCN(Cc1cc2cccc(C)c2[nH]c1=O)C(=O)c1ccco1. The Labute approximate surface area is 139 Å². The molecule has 2 aromatic heterocycles. The van der Waals surface area contributed by atoms with E-state index in [1.54, 1.807) is 17.0 Å². The number of carbonyl (C=O) groups is 1. The molecule has 124 valence electrons. The van der Waals surface area contributed by atoms with E-state index in [0.29, 0.717) is 12.1 Å². The lowest BCUT2D eigenvalue weighted by Gasteiger charge is -2.21. The second-order valence-electron chi connectivity index (χ2n) is 5.87. The standard InChI is InChI=1S/C19H20N2O3/c1-3-9-21(19(23)16-8-5-10-24-16)12-15-11-14-7-4-6-13(2)17(14)20-18(15)22/h4-8,10-11H,3,9,12H2,1-2H3,(H,20,22). The number of benzene rings is 1. The third-order valence-electron chi connectivity index (χ3n) is 4.04. The molecule has 5 heteroatoms. The molecule has 0 bridgehead atoms. The number of carbonyl (C=O) groups excluding carboxylic acids is 1. The first-order valence-electron chi connectivity index (χ1n) is 8.04. The minimum absolute atomic E-state index is 0.162. The first kappa shape index (κ1) is 16.1. The fourth-order valence-corrected chi connectivity index (χ4v) is 2.83. The van der Waals surface area contributed by atoms with Gasteiger partial charge in [0.05, 0.1) is 18.3 Å². The van der Waals surface area contributed by atoms with Gasteiger partial charge in [-0.3, -0.25) is 9.59 Å². The molecular formula is C19H20N2O3. The van der Waals surface area contributed by atoms with Crippen LogP contribution in [0.5, 0.6) is 0 Å². The monoisotopic (exact) mass is 324 g/mol. The molecule has 1 amide bonds. The van der Waals surface area contributed by atoms with Crippen LogP contribution in [0, 0.1) is 6.92 Å². The highest BCUT2D eigenvalue weighted by Gasteiger charge is 2.19. The molecule has 0 aliphatic heterocycles. The molecule has 1 aromatic carbocycles. The summed E-state index contributed by atoms with van der Waals surface area (Å²) in [6, 6.07) is 11.1. The van der Waals surface area contributed by atoms with E-state index in [1.807, 2.05) is 38.1 Å². The summed E-state index contributed by atoms with van der Waals surface area (Å²) in [6.45, 7) is 4.77. The van der Waals surface area contributed by atoms with E-state index in [2.05, 4.69) is 4.98 Å². The molecule has 0 aliphatic carbocycles. The number of furan rings is 1. The highest BCUT2D eigenvalue weighted by Crippen LogP contribution is 2.16. The van der Waals surface area contributed by atoms with Crippen LogP contribution in [0.3, 0.4) is 0 Å². The second kappa shape index (κ2) is 6.74. The fraction of sp³-hybridized carbons (Fsp3) is 0.263. The number of aryl methyl sites for hydroxylation is 1. The van der Waals surface area contributed by atoms with Crippen molar-refractivity contribution >= 4 is 16.8 Å². The van der Waals surface area contributed by atoms with Crippen molar-refractivity contribution in [1.82, 2.24) is 9.88 Å². The molecule has 0 saturated heterocycles. The summed E-state index contributed by atoms with van der Waals surface area (Å²) in [5.74, 6) is 0.0853. The van der Waals surface area contributed by atoms with E-state index >= 15 is 0 Å². The minimum atomic E-state index is -0.203. The van der Waals surface area contributed by atoms with Gasteiger partial charge < -0.3 is 14.3 Å². The van der Waals surface area contributed by atoms with Gasteiger partial charge in [0.25, 0.3) is 11.5 Å². The third-order valence-corrected chi connectivity index (χ3v) is 4.04. The third kappa shape index (κ3) is 3.11. The van der Waals surface area contributed by atoms with E-state index in [4.69, 9.17) is 4.42 Å². The number of fused-ring (bicyclic) bond motifs is 1. The van der Waals surface area contributed by atoms with Gasteiger partial charge in [-0.05, 0) is 42.5 Å². The van der Waals surface area contributed by atoms with Crippen molar-refractivity contribution in [3.63, 3.8) is 0 Å². The number of nitrogens with one attached hydrogen (secondary N) is 1. The van der Waals surface area contributed by atoms with Gasteiger partial charge in [-0.15, -0.1) is 0 Å². The number of hydrogen-bond donors (Lipinski definition) is 1. The number of nitrogens with zero attached hydrogens (tertiary/aromatic N) is 1. The van der Waals surface area contributed by atoms with Crippen molar-refractivity contribution in [2.24, 2.45) is 0 Å². The van der Waals surface area contributed by atoms with Crippen molar-refractivity contribution in [1.29, 1.82) is 0 Å². The number of H-pyrrole nitrogens is 1. The fourth-order valence-electron chi connectivity index (χ4n) is 2.83. The smallest absolute Gasteiger partial charge is 0.289 e. The van der Waals surface area contributed by atoms with Crippen molar-refractivity contribution in [2.45, 2.75) is 26.8 Å². The van der Waals surface area contributed by atoms with Crippen LogP contribution in [0.25, 0.3) is 10.9 Å². The Morgan fingerprint density at radius 2 is 2.08 bits per heavy atom.